The number of rotatable bonds is 4. The van der Waals surface area contributed by atoms with Crippen molar-refractivity contribution >= 4 is 11.6 Å². The summed E-state index contributed by atoms with van der Waals surface area (Å²) in [6.07, 6.45) is 0.941. The molecule has 15 heavy (non-hydrogen) atoms. The lowest BCUT2D eigenvalue weighted by Crippen LogP contribution is -2.38. The van der Waals surface area contributed by atoms with Crippen LogP contribution < -0.4 is 10.1 Å². The van der Waals surface area contributed by atoms with E-state index < -0.39 is 0 Å². The van der Waals surface area contributed by atoms with Crippen molar-refractivity contribution in [2.24, 2.45) is 0 Å². The Kier molecular flexibility index (Phi) is 4.00. The Labute approximate surface area is 96.6 Å². The number of benzene rings is 1. The van der Waals surface area contributed by atoms with E-state index in [9.17, 15) is 0 Å². The van der Waals surface area contributed by atoms with Gasteiger partial charge in [0.2, 0.25) is 0 Å². The Bertz CT molecular complexity index is 336. The Hall–Kier alpha value is -0.730. The molecule has 1 aromatic rings. The maximum absolute atomic E-state index is 5.96. The molecule has 0 atom stereocenters. The summed E-state index contributed by atoms with van der Waals surface area (Å²) in [5, 5.41) is 3.92. The van der Waals surface area contributed by atoms with Crippen LogP contribution in [0.4, 0.5) is 0 Å². The number of hydrogen-bond acceptors (Lipinski definition) is 2. The van der Waals surface area contributed by atoms with Crippen LogP contribution in [0.15, 0.2) is 18.2 Å². The topological polar surface area (TPSA) is 21.3 Å². The fourth-order valence-electron chi connectivity index (χ4n) is 1.41. The minimum Gasteiger partial charge on any atom is -0.495 e. The second kappa shape index (κ2) is 4.86. The standard InChI is InChI=1S/C12H18ClNO/c1-12(2,14-3)8-9-5-6-10(13)11(7-9)15-4/h5-7,14H,8H2,1-4H3. The molecule has 0 aromatic heterocycles. The molecule has 1 rings (SSSR count). The van der Waals surface area contributed by atoms with Gasteiger partial charge < -0.3 is 10.1 Å². The van der Waals surface area contributed by atoms with Gasteiger partial charge in [0.05, 0.1) is 12.1 Å². The Morgan fingerprint density at radius 2 is 2.07 bits per heavy atom. The SMILES string of the molecule is CNC(C)(C)Cc1ccc(Cl)c(OC)c1. The summed E-state index contributed by atoms with van der Waals surface area (Å²) in [6.45, 7) is 4.32. The molecule has 0 fully saturated rings. The van der Waals surface area contributed by atoms with Crippen LogP contribution in [-0.2, 0) is 6.42 Å². The van der Waals surface area contributed by atoms with Crippen molar-refractivity contribution in [3.63, 3.8) is 0 Å². The van der Waals surface area contributed by atoms with Crippen molar-refractivity contribution < 1.29 is 4.74 Å². The van der Waals surface area contributed by atoms with E-state index in [0.29, 0.717) is 5.02 Å². The van der Waals surface area contributed by atoms with Gasteiger partial charge in [0.1, 0.15) is 5.75 Å². The van der Waals surface area contributed by atoms with E-state index in [0.717, 1.165) is 12.2 Å². The second-order valence-corrected chi connectivity index (χ2v) is 4.69. The number of nitrogens with one attached hydrogen (secondary N) is 1. The number of halogens is 1. The van der Waals surface area contributed by atoms with E-state index in [4.69, 9.17) is 16.3 Å². The zero-order valence-electron chi connectivity index (χ0n) is 9.73. The first-order valence-electron chi connectivity index (χ1n) is 5.00. The molecule has 0 saturated heterocycles. The number of ether oxygens (including phenoxy) is 1. The van der Waals surface area contributed by atoms with Gasteiger partial charge in [-0.2, -0.15) is 0 Å². The van der Waals surface area contributed by atoms with Crippen molar-refractivity contribution in [2.45, 2.75) is 25.8 Å². The van der Waals surface area contributed by atoms with Gasteiger partial charge in [0.25, 0.3) is 0 Å². The molecule has 0 unspecified atom stereocenters. The zero-order valence-corrected chi connectivity index (χ0v) is 10.5. The van der Waals surface area contributed by atoms with Gasteiger partial charge in [-0.15, -0.1) is 0 Å². The Morgan fingerprint density at radius 1 is 1.40 bits per heavy atom. The predicted molar refractivity (Wildman–Crippen MR) is 64.8 cm³/mol. The molecule has 2 nitrogen and oxygen atoms in total. The van der Waals surface area contributed by atoms with Gasteiger partial charge in [-0.25, -0.2) is 0 Å². The van der Waals surface area contributed by atoms with E-state index in [-0.39, 0.29) is 5.54 Å². The van der Waals surface area contributed by atoms with Gasteiger partial charge in [0.15, 0.2) is 0 Å². The molecule has 3 heteroatoms. The third-order valence-corrected chi connectivity index (χ3v) is 2.85. The van der Waals surface area contributed by atoms with Crippen LogP contribution in [-0.4, -0.2) is 19.7 Å². The number of hydrogen-bond donors (Lipinski definition) is 1. The molecule has 0 amide bonds. The maximum Gasteiger partial charge on any atom is 0.137 e. The summed E-state index contributed by atoms with van der Waals surface area (Å²) in [4.78, 5) is 0. The van der Waals surface area contributed by atoms with E-state index in [1.807, 2.05) is 25.2 Å². The third-order valence-electron chi connectivity index (χ3n) is 2.54. The van der Waals surface area contributed by atoms with Crippen LogP contribution in [0.5, 0.6) is 5.75 Å². The normalized spacial score (nSPS) is 11.5. The van der Waals surface area contributed by atoms with E-state index in [2.05, 4.69) is 19.2 Å². The van der Waals surface area contributed by atoms with Crippen molar-refractivity contribution in [1.29, 1.82) is 0 Å². The third kappa shape index (κ3) is 3.40. The molecule has 0 heterocycles. The first-order chi connectivity index (χ1) is 6.98. The molecular weight excluding hydrogens is 210 g/mol. The van der Waals surface area contributed by atoms with Gasteiger partial charge in [-0.05, 0) is 45.0 Å². The highest BCUT2D eigenvalue weighted by Gasteiger charge is 2.16. The van der Waals surface area contributed by atoms with Crippen molar-refractivity contribution in [2.75, 3.05) is 14.2 Å². The average Bonchev–Trinajstić information content (AvgIpc) is 2.20. The summed E-state index contributed by atoms with van der Waals surface area (Å²) in [5.74, 6) is 0.737. The molecule has 0 aliphatic carbocycles. The minimum atomic E-state index is 0.0822. The molecule has 0 aliphatic heterocycles. The second-order valence-electron chi connectivity index (χ2n) is 4.28. The van der Waals surface area contributed by atoms with Crippen LogP contribution in [0, 0.1) is 0 Å². The molecule has 1 aromatic carbocycles. The largest absolute Gasteiger partial charge is 0.495 e. The lowest BCUT2D eigenvalue weighted by molar-refractivity contribution is 0.408. The zero-order chi connectivity index (χ0) is 11.5. The molecule has 1 N–H and O–H groups in total. The average molecular weight is 228 g/mol. The Balaban J connectivity index is 2.87. The predicted octanol–water partition coefficient (Wildman–Crippen LogP) is 2.89. The van der Waals surface area contributed by atoms with E-state index >= 15 is 0 Å². The van der Waals surface area contributed by atoms with Gasteiger partial charge in [0, 0.05) is 5.54 Å². The lowest BCUT2D eigenvalue weighted by atomic mass is 9.95. The molecule has 0 spiro atoms. The van der Waals surface area contributed by atoms with E-state index in [1.54, 1.807) is 7.11 Å². The highest BCUT2D eigenvalue weighted by molar-refractivity contribution is 6.32. The molecule has 0 bridgehead atoms. The maximum atomic E-state index is 5.96. The molecule has 0 saturated carbocycles. The molecule has 0 aliphatic rings. The van der Waals surface area contributed by atoms with Crippen LogP contribution in [0.3, 0.4) is 0 Å². The summed E-state index contributed by atoms with van der Waals surface area (Å²) in [5.41, 5.74) is 1.30. The van der Waals surface area contributed by atoms with Crippen LogP contribution in [0.25, 0.3) is 0 Å². The van der Waals surface area contributed by atoms with Crippen LogP contribution in [0.2, 0.25) is 5.02 Å². The van der Waals surface area contributed by atoms with Gasteiger partial charge in [-0.3, -0.25) is 0 Å². The first kappa shape index (κ1) is 12.3. The quantitative estimate of drug-likeness (QED) is 0.854. The Morgan fingerprint density at radius 3 is 2.60 bits per heavy atom. The fraction of sp³-hybridized carbons (Fsp3) is 0.500. The van der Waals surface area contributed by atoms with E-state index in [1.165, 1.54) is 5.56 Å². The highest BCUT2D eigenvalue weighted by Crippen LogP contribution is 2.26. The van der Waals surface area contributed by atoms with Crippen molar-refractivity contribution in [3.05, 3.63) is 28.8 Å². The van der Waals surface area contributed by atoms with Crippen LogP contribution >= 0.6 is 11.6 Å². The first-order valence-corrected chi connectivity index (χ1v) is 5.37. The molecular formula is C12H18ClNO. The summed E-state index contributed by atoms with van der Waals surface area (Å²) >= 11 is 5.96. The number of methoxy groups -OCH3 is 1. The monoisotopic (exact) mass is 227 g/mol. The van der Waals surface area contributed by atoms with Crippen LogP contribution in [0.1, 0.15) is 19.4 Å². The lowest BCUT2D eigenvalue weighted by Gasteiger charge is -2.24. The summed E-state index contributed by atoms with van der Waals surface area (Å²) < 4.78 is 5.18. The summed E-state index contributed by atoms with van der Waals surface area (Å²) in [6, 6.07) is 5.90. The summed E-state index contributed by atoms with van der Waals surface area (Å²) in [7, 11) is 3.60. The van der Waals surface area contributed by atoms with Gasteiger partial charge in [-0.1, -0.05) is 17.7 Å². The number of likely N-dealkylation sites (N-methyl/N-ethyl adjacent to an activating group) is 1. The molecule has 0 radical (unpaired) electrons. The minimum absolute atomic E-state index is 0.0822. The highest BCUT2D eigenvalue weighted by atomic mass is 35.5. The fourth-order valence-corrected chi connectivity index (χ4v) is 1.61. The smallest absolute Gasteiger partial charge is 0.137 e. The van der Waals surface area contributed by atoms with Crippen molar-refractivity contribution in [3.8, 4) is 5.75 Å². The van der Waals surface area contributed by atoms with Gasteiger partial charge >= 0.3 is 0 Å². The van der Waals surface area contributed by atoms with Crippen molar-refractivity contribution in [1.82, 2.24) is 5.32 Å². The molecule has 84 valence electrons.